The minimum absolute atomic E-state index is 0.358. The molecule has 1 aromatic heterocycles. The van der Waals surface area contributed by atoms with Crippen molar-refractivity contribution in [3.05, 3.63) is 59.9 Å². The molecular formula is C15H16N2S. The van der Waals surface area contributed by atoms with Gasteiger partial charge in [-0.05, 0) is 36.7 Å². The number of fused-ring (bicyclic) bond motifs is 1. The third kappa shape index (κ3) is 2.16. The maximum absolute atomic E-state index is 4.22. The van der Waals surface area contributed by atoms with Crippen molar-refractivity contribution in [1.82, 2.24) is 10.3 Å². The first-order chi connectivity index (χ1) is 8.88. The molecular weight excluding hydrogens is 240 g/mol. The van der Waals surface area contributed by atoms with E-state index in [4.69, 9.17) is 0 Å². The normalized spacial score (nSPS) is 19.5. The Bertz CT molecular complexity index is 502. The zero-order valence-corrected chi connectivity index (χ0v) is 11.2. The Morgan fingerprint density at radius 2 is 2.17 bits per heavy atom. The second kappa shape index (κ2) is 5.12. The molecule has 0 radical (unpaired) electrons. The SMILES string of the molecule is CNC(c1cccnc1)C1Cc2ccccc2S1. The average Bonchev–Trinajstić information content (AvgIpc) is 2.84. The Morgan fingerprint density at radius 1 is 1.28 bits per heavy atom. The molecule has 0 fully saturated rings. The van der Waals surface area contributed by atoms with E-state index in [1.54, 1.807) is 0 Å². The summed E-state index contributed by atoms with van der Waals surface area (Å²) in [5.41, 5.74) is 2.74. The zero-order chi connectivity index (χ0) is 12.4. The second-order valence-electron chi connectivity index (χ2n) is 4.52. The number of hydrogen-bond acceptors (Lipinski definition) is 3. The number of aromatic nitrogens is 1. The van der Waals surface area contributed by atoms with E-state index in [1.165, 1.54) is 16.0 Å². The number of thioether (sulfide) groups is 1. The van der Waals surface area contributed by atoms with E-state index in [2.05, 4.69) is 40.6 Å². The zero-order valence-electron chi connectivity index (χ0n) is 10.3. The summed E-state index contributed by atoms with van der Waals surface area (Å²) in [6, 6.07) is 13.2. The Morgan fingerprint density at radius 3 is 2.89 bits per heavy atom. The molecule has 0 saturated carbocycles. The van der Waals surface area contributed by atoms with Gasteiger partial charge in [0.05, 0.1) is 0 Å². The summed E-state index contributed by atoms with van der Waals surface area (Å²) in [5, 5.41) is 3.99. The van der Waals surface area contributed by atoms with Crippen molar-refractivity contribution in [2.24, 2.45) is 0 Å². The molecule has 3 heteroatoms. The van der Waals surface area contributed by atoms with Crippen molar-refractivity contribution in [1.29, 1.82) is 0 Å². The highest BCUT2D eigenvalue weighted by Crippen LogP contribution is 2.42. The molecule has 1 N–H and O–H groups in total. The average molecular weight is 256 g/mol. The first kappa shape index (κ1) is 11.8. The largest absolute Gasteiger partial charge is 0.312 e. The van der Waals surface area contributed by atoms with Crippen LogP contribution in [0.2, 0.25) is 0 Å². The molecule has 2 nitrogen and oxygen atoms in total. The van der Waals surface area contributed by atoms with Gasteiger partial charge in [0.1, 0.15) is 0 Å². The molecule has 3 rings (SSSR count). The van der Waals surface area contributed by atoms with Gasteiger partial charge >= 0.3 is 0 Å². The number of pyridine rings is 1. The van der Waals surface area contributed by atoms with E-state index in [-0.39, 0.29) is 0 Å². The summed E-state index contributed by atoms with van der Waals surface area (Å²) >= 11 is 1.97. The monoisotopic (exact) mass is 256 g/mol. The molecule has 18 heavy (non-hydrogen) atoms. The molecule has 92 valence electrons. The molecule has 1 aliphatic heterocycles. The highest BCUT2D eigenvalue weighted by Gasteiger charge is 2.29. The van der Waals surface area contributed by atoms with Gasteiger partial charge in [0.25, 0.3) is 0 Å². The molecule has 0 amide bonds. The summed E-state index contributed by atoms with van der Waals surface area (Å²) in [6.07, 6.45) is 4.92. The molecule has 2 aromatic rings. The molecule has 2 atom stereocenters. The topological polar surface area (TPSA) is 24.9 Å². The predicted molar refractivity (Wildman–Crippen MR) is 75.8 cm³/mol. The number of nitrogens with zero attached hydrogens (tertiary/aromatic N) is 1. The summed E-state index contributed by atoms with van der Waals surface area (Å²) in [7, 11) is 2.03. The van der Waals surface area contributed by atoms with Gasteiger partial charge in [-0.2, -0.15) is 0 Å². The van der Waals surface area contributed by atoms with Gasteiger partial charge in [-0.3, -0.25) is 4.98 Å². The van der Waals surface area contributed by atoms with E-state index in [1.807, 2.05) is 37.3 Å². The van der Waals surface area contributed by atoms with Crippen molar-refractivity contribution in [2.75, 3.05) is 7.05 Å². The highest BCUT2D eigenvalue weighted by molar-refractivity contribution is 8.00. The lowest BCUT2D eigenvalue weighted by molar-refractivity contribution is 0.566. The molecule has 1 aromatic carbocycles. The number of hydrogen-bond donors (Lipinski definition) is 1. The van der Waals surface area contributed by atoms with Crippen LogP contribution in [0.3, 0.4) is 0 Å². The van der Waals surface area contributed by atoms with Crippen LogP contribution in [0.1, 0.15) is 17.2 Å². The van der Waals surface area contributed by atoms with Gasteiger partial charge in [-0.25, -0.2) is 0 Å². The molecule has 0 bridgehead atoms. The van der Waals surface area contributed by atoms with Crippen LogP contribution in [0.5, 0.6) is 0 Å². The van der Waals surface area contributed by atoms with Crippen LogP contribution in [0.4, 0.5) is 0 Å². The minimum Gasteiger partial charge on any atom is -0.312 e. The molecule has 0 spiro atoms. The van der Waals surface area contributed by atoms with Gasteiger partial charge in [-0.1, -0.05) is 24.3 Å². The van der Waals surface area contributed by atoms with E-state index < -0.39 is 0 Å². The number of nitrogens with one attached hydrogen (secondary N) is 1. The molecule has 0 saturated heterocycles. The van der Waals surface area contributed by atoms with Crippen molar-refractivity contribution >= 4 is 11.8 Å². The lowest BCUT2D eigenvalue weighted by atomic mass is 10.0. The summed E-state index contributed by atoms with van der Waals surface area (Å²) < 4.78 is 0. The first-order valence-electron chi connectivity index (χ1n) is 6.20. The van der Waals surface area contributed by atoms with E-state index in [0.717, 1.165) is 6.42 Å². The van der Waals surface area contributed by atoms with Crippen LogP contribution >= 0.6 is 11.8 Å². The van der Waals surface area contributed by atoms with E-state index >= 15 is 0 Å². The van der Waals surface area contributed by atoms with Gasteiger partial charge in [0.2, 0.25) is 0 Å². The quantitative estimate of drug-likeness (QED) is 0.913. The van der Waals surface area contributed by atoms with Crippen molar-refractivity contribution in [2.45, 2.75) is 22.6 Å². The fourth-order valence-corrected chi connectivity index (χ4v) is 4.00. The van der Waals surface area contributed by atoms with Gasteiger partial charge in [0.15, 0.2) is 0 Å². The van der Waals surface area contributed by atoms with Gasteiger partial charge in [-0.15, -0.1) is 11.8 Å². The Balaban J connectivity index is 1.84. The standard InChI is InChI=1S/C15H16N2S/c1-16-15(12-6-4-8-17-10-12)14-9-11-5-2-3-7-13(11)18-14/h2-8,10,14-16H,9H2,1H3. The number of benzene rings is 1. The Kier molecular flexibility index (Phi) is 3.35. The van der Waals surface area contributed by atoms with E-state index in [0.29, 0.717) is 11.3 Å². The Hall–Kier alpha value is -1.32. The van der Waals surface area contributed by atoms with Crippen molar-refractivity contribution < 1.29 is 0 Å². The predicted octanol–water partition coefficient (Wildman–Crippen LogP) is 3.06. The maximum Gasteiger partial charge on any atom is 0.0460 e. The second-order valence-corrected chi connectivity index (χ2v) is 5.80. The highest BCUT2D eigenvalue weighted by atomic mass is 32.2. The van der Waals surface area contributed by atoms with Gasteiger partial charge in [0, 0.05) is 28.6 Å². The molecule has 1 aliphatic rings. The minimum atomic E-state index is 0.358. The fourth-order valence-electron chi connectivity index (χ4n) is 2.52. The van der Waals surface area contributed by atoms with Crippen LogP contribution in [-0.4, -0.2) is 17.3 Å². The maximum atomic E-state index is 4.22. The Labute approximate surface area is 112 Å². The smallest absolute Gasteiger partial charge is 0.0460 e. The van der Waals surface area contributed by atoms with Crippen LogP contribution < -0.4 is 5.32 Å². The third-order valence-corrected chi connectivity index (χ3v) is 4.79. The van der Waals surface area contributed by atoms with Crippen LogP contribution in [0.25, 0.3) is 0 Å². The lowest BCUT2D eigenvalue weighted by Crippen LogP contribution is -2.27. The number of rotatable bonds is 3. The first-order valence-corrected chi connectivity index (χ1v) is 7.08. The van der Waals surface area contributed by atoms with Crippen LogP contribution in [0, 0.1) is 0 Å². The fraction of sp³-hybridized carbons (Fsp3) is 0.267. The van der Waals surface area contributed by atoms with Gasteiger partial charge < -0.3 is 5.32 Å². The summed E-state index contributed by atoms with van der Waals surface area (Å²) in [6.45, 7) is 0. The summed E-state index contributed by atoms with van der Waals surface area (Å²) in [5.74, 6) is 0. The lowest BCUT2D eigenvalue weighted by Gasteiger charge is -2.22. The molecule has 0 aliphatic carbocycles. The molecule has 2 heterocycles. The summed E-state index contributed by atoms with van der Waals surface area (Å²) in [4.78, 5) is 5.65. The van der Waals surface area contributed by atoms with Crippen molar-refractivity contribution in [3.8, 4) is 0 Å². The van der Waals surface area contributed by atoms with E-state index in [9.17, 15) is 0 Å². The molecule has 2 unspecified atom stereocenters. The third-order valence-electron chi connectivity index (χ3n) is 3.40. The van der Waals surface area contributed by atoms with Crippen LogP contribution in [0.15, 0.2) is 53.7 Å². The van der Waals surface area contributed by atoms with Crippen LogP contribution in [-0.2, 0) is 6.42 Å². The van der Waals surface area contributed by atoms with Crippen molar-refractivity contribution in [3.63, 3.8) is 0 Å².